The number of para-hydroxylation sites is 1. The van der Waals surface area contributed by atoms with E-state index in [9.17, 15) is 4.79 Å². The molecule has 116 valence electrons. The van der Waals surface area contributed by atoms with E-state index < -0.39 is 0 Å². The molecule has 1 saturated heterocycles. The Morgan fingerprint density at radius 2 is 2.23 bits per heavy atom. The van der Waals surface area contributed by atoms with Crippen LogP contribution in [0, 0.1) is 0 Å². The second kappa shape index (κ2) is 6.75. The Bertz CT molecular complexity index is 631. The number of nitrogens with zero attached hydrogens (tertiary/aromatic N) is 2. The molecule has 0 bridgehead atoms. The van der Waals surface area contributed by atoms with Gasteiger partial charge >= 0.3 is 0 Å². The summed E-state index contributed by atoms with van der Waals surface area (Å²) in [5, 5.41) is 7.35. The van der Waals surface area contributed by atoms with Crippen LogP contribution in [-0.2, 0) is 11.2 Å². The van der Waals surface area contributed by atoms with Gasteiger partial charge in [0, 0.05) is 13.2 Å². The average molecular weight is 299 g/mol. The number of carbonyl (C=O) groups excluding carboxylic acids is 1. The van der Waals surface area contributed by atoms with Gasteiger partial charge in [-0.1, -0.05) is 25.1 Å². The first kappa shape index (κ1) is 14.8. The van der Waals surface area contributed by atoms with Crippen LogP contribution in [0.4, 0.5) is 0 Å². The first-order valence-electron chi connectivity index (χ1n) is 7.81. The van der Waals surface area contributed by atoms with Gasteiger partial charge in [-0.25, -0.2) is 4.68 Å². The van der Waals surface area contributed by atoms with Crippen LogP contribution in [0.3, 0.4) is 0 Å². The van der Waals surface area contributed by atoms with Crippen LogP contribution in [0.25, 0.3) is 5.69 Å². The van der Waals surface area contributed by atoms with Crippen LogP contribution in [0.2, 0.25) is 0 Å². The van der Waals surface area contributed by atoms with Crippen LogP contribution in [0.5, 0.6) is 0 Å². The number of ether oxygens (including phenoxy) is 1. The molecule has 1 unspecified atom stereocenters. The van der Waals surface area contributed by atoms with E-state index in [1.807, 2.05) is 41.9 Å². The SMILES string of the molecule is CCc1c(C(=O)NCC2CCCO2)cnn1-c1ccccc1. The molecule has 5 heteroatoms. The minimum absolute atomic E-state index is 0.0745. The van der Waals surface area contributed by atoms with Gasteiger partial charge in [0.1, 0.15) is 0 Å². The molecule has 1 aromatic heterocycles. The molecular formula is C17H21N3O2. The van der Waals surface area contributed by atoms with E-state index in [4.69, 9.17) is 4.74 Å². The molecule has 1 aromatic carbocycles. The second-order valence-electron chi connectivity index (χ2n) is 5.45. The standard InChI is InChI=1S/C17H21N3O2/c1-2-16-15(17(21)18-11-14-9-6-10-22-14)12-19-20(16)13-7-4-3-5-8-13/h3-5,7-8,12,14H,2,6,9-11H2,1H3,(H,18,21). The van der Waals surface area contributed by atoms with Gasteiger partial charge < -0.3 is 10.1 Å². The van der Waals surface area contributed by atoms with Crippen molar-refractivity contribution < 1.29 is 9.53 Å². The zero-order valence-electron chi connectivity index (χ0n) is 12.8. The minimum atomic E-state index is -0.0745. The highest BCUT2D eigenvalue weighted by molar-refractivity contribution is 5.95. The third-order valence-corrected chi connectivity index (χ3v) is 3.96. The van der Waals surface area contributed by atoms with Crippen LogP contribution in [0.1, 0.15) is 35.8 Å². The Kier molecular flexibility index (Phi) is 4.53. The summed E-state index contributed by atoms with van der Waals surface area (Å²) in [6.45, 7) is 3.40. The lowest BCUT2D eigenvalue weighted by Gasteiger charge is -2.11. The summed E-state index contributed by atoms with van der Waals surface area (Å²) >= 11 is 0. The number of benzene rings is 1. The van der Waals surface area contributed by atoms with E-state index in [2.05, 4.69) is 10.4 Å². The first-order chi connectivity index (χ1) is 10.8. The van der Waals surface area contributed by atoms with Gasteiger partial charge in [0.2, 0.25) is 0 Å². The summed E-state index contributed by atoms with van der Waals surface area (Å²) in [6.07, 6.45) is 4.64. The van der Waals surface area contributed by atoms with Gasteiger partial charge in [-0.05, 0) is 31.4 Å². The maximum Gasteiger partial charge on any atom is 0.254 e. The summed E-state index contributed by atoms with van der Waals surface area (Å²) < 4.78 is 7.37. The normalized spacial score (nSPS) is 17.6. The van der Waals surface area contributed by atoms with E-state index in [0.29, 0.717) is 12.1 Å². The molecule has 0 spiro atoms. The third kappa shape index (κ3) is 3.04. The monoisotopic (exact) mass is 299 g/mol. The van der Waals surface area contributed by atoms with Gasteiger partial charge in [-0.2, -0.15) is 5.10 Å². The second-order valence-corrected chi connectivity index (χ2v) is 5.45. The Morgan fingerprint density at radius 3 is 2.91 bits per heavy atom. The largest absolute Gasteiger partial charge is 0.376 e. The van der Waals surface area contributed by atoms with Gasteiger partial charge in [-0.15, -0.1) is 0 Å². The number of carbonyl (C=O) groups is 1. The highest BCUT2D eigenvalue weighted by atomic mass is 16.5. The molecule has 1 fully saturated rings. The van der Waals surface area contributed by atoms with E-state index in [0.717, 1.165) is 37.3 Å². The molecule has 1 atom stereocenters. The van der Waals surface area contributed by atoms with Gasteiger partial charge in [0.15, 0.2) is 0 Å². The molecule has 1 aliphatic heterocycles. The van der Waals surface area contributed by atoms with Gasteiger partial charge in [0.05, 0.1) is 29.2 Å². The number of nitrogens with one attached hydrogen (secondary N) is 1. The summed E-state index contributed by atoms with van der Waals surface area (Å²) in [4.78, 5) is 12.4. The van der Waals surface area contributed by atoms with Gasteiger partial charge in [-0.3, -0.25) is 4.79 Å². The fourth-order valence-electron chi connectivity index (χ4n) is 2.80. The van der Waals surface area contributed by atoms with Crippen LogP contribution in [-0.4, -0.2) is 34.9 Å². The third-order valence-electron chi connectivity index (χ3n) is 3.96. The quantitative estimate of drug-likeness (QED) is 0.922. The van der Waals surface area contributed by atoms with Crippen molar-refractivity contribution in [1.82, 2.24) is 15.1 Å². The Balaban J connectivity index is 1.76. The number of rotatable bonds is 5. The number of hydrogen-bond acceptors (Lipinski definition) is 3. The topological polar surface area (TPSA) is 56.1 Å². The molecule has 0 radical (unpaired) electrons. The van der Waals surface area contributed by atoms with Crippen molar-refractivity contribution in [3.8, 4) is 5.69 Å². The molecule has 5 nitrogen and oxygen atoms in total. The molecule has 0 saturated carbocycles. The van der Waals surface area contributed by atoms with Crippen molar-refractivity contribution in [2.45, 2.75) is 32.3 Å². The van der Waals surface area contributed by atoms with E-state index in [-0.39, 0.29) is 12.0 Å². The van der Waals surface area contributed by atoms with Crippen molar-refractivity contribution in [1.29, 1.82) is 0 Å². The van der Waals surface area contributed by atoms with Crippen molar-refractivity contribution in [2.24, 2.45) is 0 Å². The lowest BCUT2D eigenvalue weighted by atomic mass is 10.1. The molecule has 1 amide bonds. The number of hydrogen-bond donors (Lipinski definition) is 1. The average Bonchev–Trinajstić information content (AvgIpc) is 3.22. The molecule has 1 aliphatic rings. The fraction of sp³-hybridized carbons (Fsp3) is 0.412. The lowest BCUT2D eigenvalue weighted by molar-refractivity contribution is 0.0857. The lowest BCUT2D eigenvalue weighted by Crippen LogP contribution is -2.32. The minimum Gasteiger partial charge on any atom is -0.376 e. The van der Waals surface area contributed by atoms with Gasteiger partial charge in [0.25, 0.3) is 5.91 Å². The molecule has 2 aromatic rings. The van der Waals surface area contributed by atoms with Crippen LogP contribution < -0.4 is 5.32 Å². The van der Waals surface area contributed by atoms with Crippen LogP contribution in [0.15, 0.2) is 36.5 Å². The molecular weight excluding hydrogens is 278 g/mol. The van der Waals surface area contributed by atoms with Crippen molar-refractivity contribution >= 4 is 5.91 Å². The highest BCUT2D eigenvalue weighted by Crippen LogP contribution is 2.16. The van der Waals surface area contributed by atoms with E-state index >= 15 is 0 Å². The summed E-state index contributed by atoms with van der Waals surface area (Å²) in [5.41, 5.74) is 2.54. The predicted molar refractivity (Wildman–Crippen MR) is 84.2 cm³/mol. The van der Waals surface area contributed by atoms with E-state index in [1.54, 1.807) is 6.20 Å². The number of amides is 1. The zero-order valence-corrected chi connectivity index (χ0v) is 12.8. The summed E-state index contributed by atoms with van der Waals surface area (Å²) in [7, 11) is 0. The molecule has 1 N–H and O–H groups in total. The van der Waals surface area contributed by atoms with Crippen molar-refractivity contribution in [2.75, 3.05) is 13.2 Å². The Labute approximate surface area is 130 Å². The smallest absolute Gasteiger partial charge is 0.254 e. The maximum atomic E-state index is 12.4. The van der Waals surface area contributed by atoms with Crippen LogP contribution >= 0.6 is 0 Å². The zero-order chi connectivity index (χ0) is 15.4. The predicted octanol–water partition coefficient (Wildman–Crippen LogP) is 2.34. The van der Waals surface area contributed by atoms with Crippen molar-refractivity contribution in [3.05, 3.63) is 47.8 Å². The molecule has 0 aliphatic carbocycles. The van der Waals surface area contributed by atoms with E-state index in [1.165, 1.54) is 0 Å². The summed E-state index contributed by atoms with van der Waals surface area (Å²) in [5.74, 6) is -0.0745. The molecule has 2 heterocycles. The van der Waals surface area contributed by atoms with Crippen molar-refractivity contribution in [3.63, 3.8) is 0 Å². The highest BCUT2D eigenvalue weighted by Gasteiger charge is 2.20. The molecule has 22 heavy (non-hydrogen) atoms. The maximum absolute atomic E-state index is 12.4. The molecule has 3 rings (SSSR count). The number of aromatic nitrogens is 2. The Morgan fingerprint density at radius 1 is 1.41 bits per heavy atom. The summed E-state index contributed by atoms with van der Waals surface area (Å²) in [6, 6.07) is 9.87. The Hall–Kier alpha value is -2.14. The fourth-order valence-corrected chi connectivity index (χ4v) is 2.80. The first-order valence-corrected chi connectivity index (χ1v) is 7.81.